The third-order valence-electron chi connectivity index (χ3n) is 5.13. The van der Waals surface area contributed by atoms with Crippen LogP contribution in [-0.4, -0.2) is 48.9 Å². The lowest BCUT2D eigenvalue weighted by Crippen LogP contribution is -2.37. The smallest absolute Gasteiger partial charge is 0.234 e. The Morgan fingerprint density at radius 3 is 2.88 bits per heavy atom. The molecule has 2 atom stereocenters. The van der Waals surface area contributed by atoms with Gasteiger partial charge < -0.3 is 18.9 Å². The number of nitrogens with zero attached hydrogens (tertiary/aromatic N) is 3. The summed E-state index contributed by atoms with van der Waals surface area (Å²) in [6, 6.07) is 3.59. The summed E-state index contributed by atoms with van der Waals surface area (Å²) in [5.74, 6) is 2.33. The Balaban J connectivity index is 1.69. The Morgan fingerprint density at radius 1 is 1.21 bits per heavy atom. The first-order valence-electron chi connectivity index (χ1n) is 8.14. The lowest BCUT2D eigenvalue weighted by Gasteiger charge is -2.30. The molecule has 6 nitrogen and oxygen atoms in total. The average molecular weight is 350 g/mol. The number of rotatable bonds is 4. The first-order chi connectivity index (χ1) is 11.6. The average Bonchev–Trinajstić information content (AvgIpc) is 3.20. The van der Waals surface area contributed by atoms with Gasteiger partial charge in [0.15, 0.2) is 11.5 Å². The van der Waals surface area contributed by atoms with E-state index in [2.05, 4.69) is 15.0 Å². The van der Waals surface area contributed by atoms with Crippen LogP contribution in [0.5, 0.6) is 11.5 Å². The van der Waals surface area contributed by atoms with Crippen LogP contribution in [0.2, 0.25) is 5.02 Å². The van der Waals surface area contributed by atoms with E-state index in [0.29, 0.717) is 22.3 Å². The molecule has 3 heterocycles. The largest absolute Gasteiger partial charge is 0.493 e. The normalized spacial score (nSPS) is 25.7. The zero-order valence-corrected chi connectivity index (χ0v) is 14.6. The lowest BCUT2D eigenvalue weighted by atomic mass is 9.81. The number of methoxy groups -OCH3 is 2. The highest BCUT2D eigenvalue weighted by Gasteiger charge is 2.46. The molecule has 1 aromatic carbocycles. The summed E-state index contributed by atoms with van der Waals surface area (Å²) < 4.78 is 16.3. The maximum atomic E-state index is 6.28. The molecular weight excluding hydrogens is 330 g/mol. The molecular formula is C17H20ClN3O3. The van der Waals surface area contributed by atoms with Gasteiger partial charge in [-0.1, -0.05) is 16.8 Å². The van der Waals surface area contributed by atoms with Gasteiger partial charge in [0.2, 0.25) is 11.7 Å². The van der Waals surface area contributed by atoms with Crippen molar-refractivity contribution < 1.29 is 14.0 Å². The molecule has 24 heavy (non-hydrogen) atoms. The van der Waals surface area contributed by atoms with Crippen LogP contribution in [0.25, 0.3) is 11.4 Å². The number of ether oxygens (including phenoxy) is 2. The molecule has 0 amide bonds. The molecule has 2 bridgehead atoms. The van der Waals surface area contributed by atoms with Crippen LogP contribution in [-0.2, 0) is 5.41 Å². The molecule has 4 rings (SSSR count). The van der Waals surface area contributed by atoms with Gasteiger partial charge in [0.05, 0.1) is 24.7 Å². The van der Waals surface area contributed by atoms with E-state index in [0.717, 1.165) is 37.4 Å². The highest BCUT2D eigenvalue weighted by molar-refractivity contribution is 6.32. The maximum Gasteiger partial charge on any atom is 0.234 e. The fourth-order valence-corrected chi connectivity index (χ4v) is 4.17. The quantitative estimate of drug-likeness (QED) is 0.845. The van der Waals surface area contributed by atoms with E-state index >= 15 is 0 Å². The van der Waals surface area contributed by atoms with Gasteiger partial charge in [0.1, 0.15) is 0 Å². The zero-order valence-electron chi connectivity index (χ0n) is 13.8. The van der Waals surface area contributed by atoms with Crippen molar-refractivity contribution in [3.63, 3.8) is 0 Å². The molecule has 2 aliphatic rings. The van der Waals surface area contributed by atoms with Gasteiger partial charge in [-0.05, 0) is 44.5 Å². The lowest BCUT2D eigenvalue weighted by molar-refractivity contribution is 0.201. The minimum atomic E-state index is 0.0177. The standard InChI is InChI=1S/C17H20ClN3O3/c1-22-13-9-11(8-12(18)14(13)23-2)15-19-16(24-20-15)17-4-3-6-21(10-17)7-5-17/h8-9H,3-7,10H2,1-2H3. The molecule has 0 spiro atoms. The minimum Gasteiger partial charge on any atom is -0.493 e. The van der Waals surface area contributed by atoms with Crippen LogP contribution in [0.15, 0.2) is 16.7 Å². The van der Waals surface area contributed by atoms with Crippen molar-refractivity contribution in [1.82, 2.24) is 15.0 Å². The van der Waals surface area contributed by atoms with Gasteiger partial charge in [-0.15, -0.1) is 0 Å². The summed E-state index contributed by atoms with van der Waals surface area (Å²) >= 11 is 6.28. The Labute approximate surface area is 145 Å². The van der Waals surface area contributed by atoms with Crippen LogP contribution in [0, 0.1) is 0 Å². The van der Waals surface area contributed by atoms with Gasteiger partial charge in [-0.2, -0.15) is 4.98 Å². The maximum absolute atomic E-state index is 6.28. The monoisotopic (exact) mass is 349 g/mol. The topological polar surface area (TPSA) is 60.6 Å². The van der Waals surface area contributed by atoms with Gasteiger partial charge in [-0.25, -0.2) is 0 Å². The number of benzene rings is 1. The molecule has 0 N–H and O–H groups in total. The van der Waals surface area contributed by atoms with Crippen molar-refractivity contribution in [2.75, 3.05) is 33.9 Å². The fraction of sp³-hybridized carbons (Fsp3) is 0.529. The molecule has 2 fully saturated rings. The predicted octanol–water partition coefficient (Wildman–Crippen LogP) is 3.14. The SMILES string of the molecule is COc1cc(-c2noc(C34CCCN(CC3)C4)n2)cc(Cl)c1OC. The number of aromatic nitrogens is 2. The van der Waals surface area contributed by atoms with E-state index in [1.54, 1.807) is 20.3 Å². The molecule has 0 radical (unpaired) electrons. The summed E-state index contributed by atoms with van der Waals surface area (Å²) in [6.45, 7) is 3.30. The zero-order chi connectivity index (χ0) is 16.7. The van der Waals surface area contributed by atoms with Crippen LogP contribution in [0.1, 0.15) is 25.2 Å². The summed E-state index contributed by atoms with van der Waals surface area (Å²) in [6.07, 6.45) is 3.37. The van der Waals surface area contributed by atoms with E-state index in [-0.39, 0.29) is 5.41 Å². The van der Waals surface area contributed by atoms with Crippen LogP contribution in [0.4, 0.5) is 0 Å². The predicted molar refractivity (Wildman–Crippen MR) is 89.8 cm³/mol. The Morgan fingerprint density at radius 2 is 2.08 bits per heavy atom. The van der Waals surface area contributed by atoms with Gasteiger partial charge >= 0.3 is 0 Å². The number of fused-ring (bicyclic) bond motifs is 2. The van der Waals surface area contributed by atoms with Gasteiger partial charge in [-0.3, -0.25) is 0 Å². The third kappa shape index (κ3) is 2.45. The third-order valence-corrected chi connectivity index (χ3v) is 5.41. The highest BCUT2D eigenvalue weighted by Crippen LogP contribution is 2.43. The number of piperidine rings is 1. The van der Waals surface area contributed by atoms with Crippen LogP contribution >= 0.6 is 11.6 Å². The molecule has 2 aliphatic heterocycles. The van der Waals surface area contributed by atoms with Crippen molar-refractivity contribution in [2.45, 2.75) is 24.7 Å². The van der Waals surface area contributed by atoms with E-state index < -0.39 is 0 Å². The molecule has 0 aliphatic carbocycles. The fourth-order valence-electron chi connectivity index (χ4n) is 3.88. The van der Waals surface area contributed by atoms with Crippen LogP contribution in [0.3, 0.4) is 0 Å². The second-order valence-corrected chi connectivity index (χ2v) is 6.93. The van der Waals surface area contributed by atoms with Crippen molar-refractivity contribution in [2.24, 2.45) is 0 Å². The molecule has 1 aromatic heterocycles. The summed E-state index contributed by atoms with van der Waals surface area (Å²) in [7, 11) is 3.14. The Kier molecular flexibility index (Phi) is 3.89. The second kappa shape index (κ2) is 5.93. The number of halogens is 1. The second-order valence-electron chi connectivity index (χ2n) is 6.53. The summed E-state index contributed by atoms with van der Waals surface area (Å²) in [5, 5.41) is 4.64. The Hall–Kier alpha value is -1.79. The Bertz CT molecular complexity index is 760. The van der Waals surface area contributed by atoms with Gasteiger partial charge in [0, 0.05) is 12.1 Å². The van der Waals surface area contributed by atoms with Crippen molar-refractivity contribution >= 4 is 11.6 Å². The molecule has 2 aromatic rings. The summed E-state index contributed by atoms with van der Waals surface area (Å²) in [5.41, 5.74) is 0.777. The first kappa shape index (κ1) is 15.7. The van der Waals surface area contributed by atoms with E-state index in [4.69, 9.17) is 25.6 Å². The van der Waals surface area contributed by atoms with E-state index in [1.165, 1.54) is 13.0 Å². The number of hydrogen-bond donors (Lipinski definition) is 0. The summed E-state index contributed by atoms with van der Waals surface area (Å²) in [4.78, 5) is 7.16. The highest BCUT2D eigenvalue weighted by atomic mass is 35.5. The molecule has 0 saturated carbocycles. The van der Waals surface area contributed by atoms with Crippen molar-refractivity contribution in [1.29, 1.82) is 0 Å². The van der Waals surface area contributed by atoms with Gasteiger partial charge in [0.25, 0.3) is 0 Å². The number of hydrogen-bond acceptors (Lipinski definition) is 6. The minimum absolute atomic E-state index is 0.0177. The van der Waals surface area contributed by atoms with Crippen LogP contribution < -0.4 is 9.47 Å². The molecule has 128 valence electrons. The molecule has 2 unspecified atom stereocenters. The van der Waals surface area contributed by atoms with Crippen molar-refractivity contribution in [3.05, 3.63) is 23.0 Å². The molecule has 2 saturated heterocycles. The van der Waals surface area contributed by atoms with Crippen molar-refractivity contribution in [3.8, 4) is 22.9 Å². The van der Waals surface area contributed by atoms with E-state index in [9.17, 15) is 0 Å². The van der Waals surface area contributed by atoms with E-state index in [1.807, 2.05) is 6.07 Å². The molecule has 7 heteroatoms. The first-order valence-corrected chi connectivity index (χ1v) is 8.51.